The Labute approximate surface area is 107 Å². The Morgan fingerprint density at radius 1 is 1.17 bits per heavy atom. The number of anilines is 1. The van der Waals surface area contributed by atoms with Gasteiger partial charge in [-0.1, -0.05) is 13.8 Å². The molecule has 0 spiro atoms. The van der Waals surface area contributed by atoms with E-state index < -0.39 is 0 Å². The fourth-order valence-electron chi connectivity index (χ4n) is 1.59. The van der Waals surface area contributed by atoms with Crippen LogP contribution < -0.4 is 10.5 Å². The molecule has 0 aromatic heterocycles. The molecule has 0 aliphatic heterocycles. The van der Waals surface area contributed by atoms with Crippen molar-refractivity contribution in [3.05, 3.63) is 23.8 Å². The van der Waals surface area contributed by atoms with E-state index in [1.54, 1.807) is 18.2 Å². The van der Waals surface area contributed by atoms with Crippen LogP contribution in [0.15, 0.2) is 18.2 Å². The molecule has 18 heavy (non-hydrogen) atoms. The standard InChI is InChI=1S/C14H19NO3/c1-3-5-13(16)11-9-10(7-8-12(11)15)18-14(17)6-4-2/h7-9H,3-6,15H2,1-2H3. The average molecular weight is 249 g/mol. The largest absolute Gasteiger partial charge is 0.427 e. The molecule has 0 bridgehead atoms. The molecule has 98 valence electrons. The van der Waals surface area contributed by atoms with Gasteiger partial charge in [-0.05, 0) is 31.0 Å². The number of benzene rings is 1. The number of rotatable bonds is 6. The molecule has 0 aliphatic rings. The first-order chi connectivity index (χ1) is 8.58. The van der Waals surface area contributed by atoms with Gasteiger partial charge in [0, 0.05) is 24.1 Å². The van der Waals surface area contributed by atoms with E-state index in [1.165, 1.54) is 0 Å². The number of carbonyl (C=O) groups excluding carboxylic acids is 2. The van der Waals surface area contributed by atoms with E-state index in [1.807, 2.05) is 13.8 Å². The predicted molar refractivity (Wildman–Crippen MR) is 70.6 cm³/mol. The molecule has 0 saturated heterocycles. The molecule has 0 aliphatic carbocycles. The Morgan fingerprint density at radius 2 is 1.83 bits per heavy atom. The third kappa shape index (κ3) is 3.87. The minimum absolute atomic E-state index is 0.0246. The Kier molecular flexibility index (Phi) is 5.36. The van der Waals surface area contributed by atoms with Gasteiger partial charge in [-0.25, -0.2) is 0 Å². The molecule has 0 unspecified atom stereocenters. The zero-order chi connectivity index (χ0) is 13.5. The summed E-state index contributed by atoms with van der Waals surface area (Å²) in [4.78, 5) is 23.2. The lowest BCUT2D eigenvalue weighted by Crippen LogP contribution is -2.09. The normalized spacial score (nSPS) is 10.1. The molecule has 4 heteroatoms. The Hall–Kier alpha value is -1.84. The monoisotopic (exact) mass is 249 g/mol. The second kappa shape index (κ2) is 6.79. The third-order valence-corrected chi connectivity index (χ3v) is 2.49. The van der Waals surface area contributed by atoms with E-state index in [4.69, 9.17) is 10.5 Å². The molecule has 0 saturated carbocycles. The summed E-state index contributed by atoms with van der Waals surface area (Å²) in [5, 5.41) is 0. The van der Waals surface area contributed by atoms with Crippen LogP contribution in [0.3, 0.4) is 0 Å². The van der Waals surface area contributed by atoms with Gasteiger partial charge in [-0.2, -0.15) is 0 Å². The SMILES string of the molecule is CCCC(=O)Oc1ccc(N)c(C(=O)CCC)c1. The summed E-state index contributed by atoms with van der Waals surface area (Å²) in [6, 6.07) is 4.74. The van der Waals surface area contributed by atoms with Crippen LogP contribution in [0.25, 0.3) is 0 Å². The second-order valence-corrected chi connectivity index (χ2v) is 4.15. The van der Waals surface area contributed by atoms with Crippen LogP contribution in [0.4, 0.5) is 5.69 Å². The average Bonchev–Trinajstić information content (AvgIpc) is 2.32. The summed E-state index contributed by atoms with van der Waals surface area (Å²) >= 11 is 0. The highest BCUT2D eigenvalue weighted by Crippen LogP contribution is 2.22. The van der Waals surface area contributed by atoms with Crippen LogP contribution in [0.2, 0.25) is 0 Å². The van der Waals surface area contributed by atoms with E-state index in [9.17, 15) is 9.59 Å². The van der Waals surface area contributed by atoms with Crippen molar-refractivity contribution in [1.29, 1.82) is 0 Å². The molecule has 4 nitrogen and oxygen atoms in total. The summed E-state index contributed by atoms with van der Waals surface area (Å²) in [5.74, 6) is 0.0571. The summed E-state index contributed by atoms with van der Waals surface area (Å²) in [7, 11) is 0. The number of nitrogens with two attached hydrogens (primary N) is 1. The summed E-state index contributed by atoms with van der Waals surface area (Å²) in [6.45, 7) is 3.83. The molecule has 0 heterocycles. The van der Waals surface area contributed by atoms with Crippen LogP contribution in [0.1, 0.15) is 49.9 Å². The maximum Gasteiger partial charge on any atom is 0.311 e. The quantitative estimate of drug-likeness (QED) is 0.364. The zero-order valence-corrected chi connectivity index (χ0v) is 10.9. The molecule has 1 aromatic carbocycles. The van der Waals surface area contributed by atoms with Gasteiger partial charge in [0.05, 0.1) is 0 Å². The highest BCUT2D eigenvalue weighted by Gasteiger charge is 2.11. The van der Waals surface area contributed by atoms with Crippen molar-refractivity contribution in [1.82, 2.24) is 0 Å². The predicted octanol–water partition coefficient (Wildman–Crippen LogP) is 2.96. The van der Waals surface area contributed by atoms with Gasteiger partial charge in [0.1, 0.15) is 5.75 Å². The van der Waals surface area contributed by atoms with Gasteiger partial charge in [-0.15, -0.1) is 0 Å². The summed E-state index contributed by atoms with van der Waals surface area (Å²) in [6.07, 6.45) is 2.30. The lowest BCUT2D eigenvalue weighted by atomic mass is 10.0. The van der Waals surface area contributed by atoms with Crippen molar-refractivity contribution in [2.45, 2.75) is 39.5 Å². The molecule has 0 atom stereocenters. The van der Waals surface area contributed by atoms with Gasteiger partial charge < -0.3 is 10.5 Å². The Bertz CT molecular complexity index is 441. The van der Waals surface area contributed by atoms with Gasteiger partial charge in [0.25, 0.3) is 0 Å². The number of ketones is 1. The first-order valence-electron chi connectivity index (χ1n) is 6.21. The van der Waals surface area contributed by atoms with Crippen molar-refractivity contribution >= 4 is 17.4 Å². The topological polar surface area (TPSA) is 69.4 Å². The highest BCUT2D eigenvalue weighted by atomic mass is 16.5. The molecule has 0 fully saturated rings. The van der Waals surface area contributed by atoms with Crippen molar-refractivity contribution in [2.24, 2.45) is 0 Å². The lowest BCUT2D eigenvalue weighted by molar-refractivity contribution is -0.134. The number of hydrogen-bond donors (Lipinski definition) is 1. The number of ether oxygens (including phenoxy) is 1. The van der Waals surface area contributed by atoms with E-state index in [-0.39, 0.29) is 11.8 Å². The molecule has 0 amide bonds. The number of esters is 1. The van der Waals surface area contributed by atoms with E-state index >= 15 is 0 Å². The van der Waals surface area contributed by atoms with Crippen LogP contribution in [-0.2, 0) is 4.79 Å². The van der Waals surface area contributed by atoms with Crippen molar-refractivity contribution < 1.29 is 14.3 Å². The van der Waals surface area contributed by atoms with Crippen LogP contribution >= 0.6 is 0 Å². The molecule has 1 aromatic rings. The van der Waals surface area contributed by atoms with Gasteiger partial charge in [0.15, 0.2) is 5.78 Å². The van der Waals surface area contributed by atoms with Crippen LogP contribution in [-0.4, -0.2) is 11.8 Å². The van der Waals surface area contributed by atoms with Crippen LogP contribution in [0.5, 0.6) is 5.75 Å². The fraction of sp³-hybridized carbons (Fsp3) is 0.429. The van der Waals surface area contributed by atoms with Crippen molar-refractivity contribution in [3.8, 4) is 5.75 Å². The molecular weight excluding hydrogens is 230 g/mol. The zero-order valence-electron chi connectivity index (χ0n) is 10.9. The van der Waals surface area contributed by atoms with Gasteiger partial charge >= 0.3 is 5.97 Å². The maximum atomic E-state index is 11.8. The molecule has 2 N–H and O–H groups in total. The second-order valence-electron chi connectivity index (χ2n) is 4.15. The molecule has 1 rings (SSSR count). The van der Waals surface area contributed by atoms with Crippen molar-refractivity contribution in [3.63, 3.8) is 0 Å². The maximum absolute atomic E-state index is 11.8. The van der Waals surface area contributed by atoms with Crippen LogP contribution in [0, 0.1) is 0 Å². The third-order valence-electron chi connectivity index (χ3n) is 2.49. The van der Waals surface area contributed by atoms with Crippen molar-refractivity contribution in [2.75, 3.05) is 5.73 Å². The number of carbonyl (C=O) groups is 2. The Morgan fingerprint density at radius 3 is 2.44 bits per heavy atom. The molecule has 0 radical (unpaired) electrons. The van der Waals surface area contributed by atoms with E-state index in [0.717, 1.165) is 12.8 Å². The Balaban J connectivity index is 2.86. The number of Topliss-reactive ketones (excluding diaryl/α,β-unsaturated/α-hetero) is 1. The minimum Gasteiger partial charge on any atom is -0.427 e. The van der Waals surface area contributed by atoms with E-state index in [0.29, 0.717) is 29.8 Å². The highest BCUT2D eigenvalue weighted by molar-refractivity contribution is 6.01. The summed E-state index contributed by atoms with van der Waals surface area (Å²) in [5.41, 5.74) is 6.60. The minimum atomic E-state index is -0.295. The first kappa shape index (κ1) is 14.2. The summed E-state index contributed by atoms with van der Waals surface area (Å²) < 4.78 is 5.13. The fourth-order valence-corrected chi connectivity index (χ4v) is 1.59. The first-order valence-corrected chi connectivity index (χ1v) is 6.21. The lowest BCUT2D eigenvalue weighted by Gasteiger charge is -2.08. The van der Waals surface area contributed by atoms with Gasteiger partial charge in [-0.3, -0.25) is 9.59 Å². The number of hydrogen-bond acceptors (Lipinski definition) is 4. The number of nitrogen functional groups attached to an aromatic ring is 1. The molecular formula is C14H19NO3. The van der Waals surface area contributed by atoms with Gasteiger partial charge in [0.2, 0.25) is 0 Å². The smallest absolute Gasteiger partial charge is 0.311 e. The van der Waals surface area contributed by atoms with E-state index in [2.05, 4.69) is 0 Å².